The largest absolute Gasteiger partial charge is 0.353 e. The summed E-state index contributed by atoms with van der Waals surface area (Å²) in [4.78, 5) is 34.3. The molecule has 0 atom stereocenters. The Kier molecular flexibility index (Phi) is 5.64. The third-order valence-corrected chi connectivity index (χ3v) is 7.46. The molecule has 5 nitrogen and oxygen atoms in total. The Bertz CT molecular complexity index is 852. The SMILES string of the molecule is O=C(CCSCc1nc2sc3c(c2c(=O)[nH]1)CCCC3)NC1CCCC1. The number of nitrogens with one attached hydrogen (secondary N) is 2. The molecule has 0 spiro atoms. The Labute approximate surface area is 161 Å². The molecule has 0 bridgehead atoms. The van der Waals surface area contributed by atoms with Gasteiger partial charge in [-0.05, 0) is 44.1 Å². The van der Waals surface area contributed by atoms with Gasteiger partial charge in [-0.1, -0.05) is 12.8 Å². The van der Waals surface area contributed by atoms with E-state index in [4.69, 9.17) is 0 Å². The average Bonchev–Trinajstić information content (AvgIpc) is 3.25. The number of amides is 1. The van der Waals surface area contributed by atoms with Crippen molar-refractivity contribution in [2.75, 3.05) is 5.75 Å². The normalized spacial score (nSPS) is 17.5. The molecule has 2 aliphatic rings. The van der Waals surface area contributed by atoms with Crippen molar-refractivity contribution in [2.45, 2.75) is 69.6 Å². The van der Waals surface area contributed by atoms with Crippen LogP contribution in [0.25, 0.3) is 10.2 Å². The topological polar surface area (TPSA) is 74.8 Å². The maximum Gasteiger partial charge on any atom is 0.259 e. The molecule has 140 valence electrons. The fourth-order valence-corrected chi connectivity index (χ4v) is 6.07. The molecule has 2 N–H and O–H groups in total. The van der Waals surface area contributed by atoms with E-state index in [-0.39, 0.29) is 11.5 Å². The molecule has 4 rings (SSSR count). The van der Waals surface area contributed by atoms with Gasteiger partial charge in [-0.2, -0.15) is 11.8 Å². The van der Waals surface area contributed by atoms with Crippen molar-refractivity contribution >= 4 is 39.2 Å². The van der Waals surface area contributed by atoms with Crippen LogP contribution in [0.5, 0.6) is 0 Å². The highest BCUT2D eigenvalue weighted by Crippen LogP contribution is 2.33. The van der Waals surface area contributed by atoms with Gasteiger partial charge in [0.25, 0.3) is 5.56 Å². The fourth-order valence-electron chi connectivity index (χ4n) is 3.98. The first-order chi connectivity index (χ1) is 12.7. The Balaban J connectivity index is 1.33. The summed E-state index contributed by atoms with van der Waals surface area (Å²) in [6, 6.07) is 0.387. The van der Waals surface area contributed by atoms with Crippen LogP contribution < -0.4 is 10.9 Å². The Morgan fingerprint density at radius 2 is 2.04 bits per heavy atom. The quantitative estimate of drug-likeness (QED) is 0.739. The number of aryl methyl sites for hydroxylation is 2. The maximum absolute atomic E-state index is 12.5. The third-order valence-electron chi connectivity index (χ3n) is 5.31. The van der Waals surface area contributed by atoms with E-state index < -0.39 is 0 Å². The van der Waals surface area contributed by atoms with Crippen molar-refractivity contribution in [3.8, 4) is 0 Å². The van der Waals surface area contributed by atoms with E-state index in [2.05, 4.69) is 15.3 Å². The summed E-state index contributed by atoms with van der Waals surface area (Å²) in [5.41, 5.74) is 1.23. The molecule has 2 aromatic heterocycles. The first-order valence-corrected chi connectivity index (χ1v) is 11.6. The number of aromatic nitrogens is 2. The molecule has 0 unspecified atom stereocenters. The zero-order valence-corrected chi connectivity index (χ0v) is 16.6. The van der Waals surface area contributed by atoms with Crippen LogP contribution in [0.4, 0.5) is 0 Å². The van der Waals surface area contributed by atoms with Gasteiger partial charge in [0.1, 0.15) is 10.7 Å². The molecular weight excluding hydrogens is 366 g/mol. The van der Waals surface area contributed by atoms with E-state index >= 15 is 0 Å². The number of carbonyl (C=O) groups excluding carboxylic acids is 1. The minimum atomic E-state index is 0.00368. The van der Waals surface area contributed by atoms with Crippen LogP contribution in [0.1, 0.15) is 61.2 Å². The minimum absolute atomic E-state index is 0.00368. The summed E-state index contributed by atoms with van der Waals surface area (Å²) in [6.45, 7) is 0. The molecule has 2 aromatic rings. The highest BCUT2D eigenvalue weighted by molar-refractivity contribution is 7.98. The molecule has 0 aliphatic heterocycles. The number of carbonyl (C=O) groups is 1. The van der Waals surface area contributed by atoms with Crippen molar-refractivity contribution in [1.82, 2.24) is 15.3 Å². The molecule has 1 fully saturated rings. The molecule has 2 heterocycles. The van der Waals surface area contributed by atoms with Gasteiger partial charge in [-0.15, -0.1) is 11.3 Å². The Morgan fingerprint density at radius 3 is 2.88 bits per heavy atom. The number of fused-ring (bicyclic) bond motifs is 3. The van der Waals surface area contributed by atoms with E-state index in [9.17, 15) is 9.59 Å². The van der Waals surface area contributed by atoms with Gasteiger partial charge in [0, 0.05) is 23.1 Å². The van der Waals surface area contributed by atoms with Crippen molar-refractivity contribution in [3.05, 3.63) is 26.6 Å². The Hall–Kier alpha value is -1.34. The van der Waals surface area contributed by atoms with Crippen molar-refractivity contribution in [1.29, 1.82) is 0 Å². The van der Waals surface area contributed by atoms with Crippen molar-refractivity contribution in [2.24, 2.45) is 0 Å². The predicted molar refractivity (Wildman–Crippen MR) is 108 cm³/mol. The van der Waals surface area contributed by atoms with Crippen LogP contribution >= 0.6 is 23.1 Å². The van der Waals surface area contributed by atoms with E-state index in [1.807, 2.05) is 0 Å². The van der Waals surface area contributed by atoms with Crippen LogP contribution in [-0.2, 0) is 23.4 Å². The summed E-state index contributed by atoms with van der Waals surface area (Å²) in [5.74, 6) is 2.26. The molecule has 7 heteroatoms. The lowest BCUT2D eigenvalue weighted by Crippen LogP contribution is -2.32. The number of hydrogen-bond donors (Lipinski definition) is 2. The lowest BCUT2D eigenvalue weighted by atomic mass is 9.97. The standard InChI is InChI=1S/C19H25N3O2S2/c23-16(20-12-5-1-2-6-12)9-10-25-11-15-21-18(24)17-13-7-3-4-8-14(13)26-19(17)22-15/h12H,1-11H2,(H,20,23)(H,21,22,24). The van der Waals surface area contributed by atoms with E-state index in [0.717, 1.165) is 47.5 Å². The number of rotatable bonds is 6. The van der Waals surface area contributed by atoms with Gasteiger partial charge in [-0.25, -0.2) is 4.98 Å². The predicted octanol–water partition coefficient (Wildman–Crippen LogP) is 3.55. The minimum Gasteiger partial charge on any atom is -0.353 e. The van der Waals surface area contributed by atoms with Crippen molar-refractivity contribution in [3.63, 3.8) is 0 Å². The average molecular weight is 392 g/mol. The van der Waals surface area contributed by atoms with Crippen LogP contribution in [0.3, 0.4) is 0 Å². The second-order valence-corrected chi connectivity index (χ2v) is 9.44. The van der Waals surface area contributed by atoms with Gasteiger partial charge < -0.3 is 10.3 Å². The van der Waals surface area contributed by atoms with E-state index in [1.54, 1.807) is 23.1 Å². The van der Waals surface area contributed by atoms with Gasteiger partial charge in [0.15, 0.2) is 0 Å². The number of nitrogens with zero attached hydrogens (tertiary/aromatic N) is 1. The monoisotopic (exact) mass is 391 g/mol. The van der Waals surface area contributed by atoms with Gasteiger partial charge in [-0.3, -0.25) is 9.59 Å². The zero-order chi connectivity index (χ0) is 17.9. The third kappa shape index (κ3) is 3.98. The molecule has 0 saturated heterocycles. The molecule has 26 heavy (non-hydrogen) atoms. The summed E-state index contributed by atoms with van der Waals surface area (Å²) >= 11 is 3.34. The van der Waals surface area contributed by atoms with Gasteiger partial charge >= 0.3 is 0 Å². The zero-order valence-electron chi connectivity index (χ0n) is 14.9. The summed E-state index contributed by atoms with van der Waals surface area (Å²) in [5, 5.41) is 3.93. The summed E-state index contributed by atoms with van der Waals surface area (Å²) < 4.78 is 0. The van der Waals surface area contributed by atoms with Crippen LogP contribution in [0, 0.1) is 0 Å². The molecule has 1 amide bonds. The molecular formula is C19H25N3O2S2. The van der Waals surface area contributed by atoms with Crippen LogP contribution in [0.15, 0.2) is 4.79 Å². The lowest BCUT2D eigenvalue weighted by molar-refractivity contribution is -0.121. The number of aromatic amines is 1. The van der Waals surface area contributed by atoms with E-state index in [1.165, 1.54) is 36.1 Å². The first-order valence-electron chi connectivity index (χ1n) is 9.61. The second kappa shape index (κ2) is 8.13. The smallest absolute Gasteiger partial charge is 0.259 e. The van der Waals surface area contributed by atoms with Crippen LogP contribution in [-0.4, -0.2) is 27.7 Å². The lowest BCUT2D eigenvalue weighted by Gasteiger charge is -2.11. The van der Waals surface area contributed by atoms with Crippen LogP contribution in [0.2, 0.25) is 0 Å². The second-order valence-electron chi connectivity index (χ2n) is 7.26. The Morgan fingerprint density at radius 1 is 1.23 bits per heavy atom. The first kappa shape index (κ1) is 18.0. The summed E-state index contributed by atoms with van der Waals surface area (Å²) in [6.07, 6.45) is 9.69. The fraction of sp³-hybridized carbons (Fsp3) is 0.632. The molecule has 2 aliphatic carbocycles. The number of thiophene rings is 1. The van der Waals surface area contributed by atoms with E-state index in [0.29, 0.717) is 18.2 Å². The highest BCUT2D eigenvalue weighted by atomic mass is 32.2. The number of H-pyrrole nitrogens is 1. The van der Waals surface area contributed by atoms with Gasteiger partial charge in [0.05, 0.1) is 11.1 Å². The molecule has 0 aromatic carbocycles. The highest BCUT2D eigenvalue weighted by Gasteiger charge is 2.20. The van der Waals surface area contributed by atoms with Gasteiger partial charge in [0.2, 0.25) is 5.91 Å². The number of thioether (sulfide) groups is 1. The van der Waals surface area contributed by atoms with Crippen molar-refractivity contribution < 1.29 is 4.79 Å². The summed E-state index contributed by atoms with van der Waals surface area (Å²) in [7, 11) is 0. The molecule has 0 radical (unpaired) electrons. The number of hydrogen-bond acceptors (Lipinski definition) is 5. The molecule has 1 saturated carbocycles. The maximum atomic E-state index is 12.5.